The normalized spacial score (nSPS) is 7.45. The van der Waals surface area contributed by atoms with Gasteiger partial charge in [-0.3, -0.25) is 0 Å². The minimum absolute atomic E-state index is 1.03. The number of thioether (sulfide) groups is 1. The van der Waals surface area contributed by atoms with E-state index in [4.69, 9.17) is 14.4 Å². The molecule has 0 rings (SSSR count). The van der Waals surface area contributed by atoms with Crippen molar-refractivity contribution in [3.05, 3.63) is 25.3 Å². The molecule has 0 spiro atoms. The van der Waals surface area contributed by atoms with E-state index in [0.717, 1.165) is 11.5 Å². The van der Waals surface area contributed by atoms with Crippen molar-refractivity contribution < 1.29 is 14.4 Å². The van der Waals surface area contributed by atoms with Gasteiger partial charge in [0, 0.05) is 16.1 Å². The van der Waals surface area contributed by atoms with Gasteiger partial charge in [0.1, 0.15) is 0 Å². The van der Waals surface area contributed by atoms with Crippen molar-refractivity contribution >= 4 is 20.0 Å². The first-order valence-corrected chi connectivity index (χ1v) is 5.11. The molecule has 0 aliphatic carbocycles. The fourth-order valence-corrected chi connectivity index (χ4v) is 0.704. The van der Waals surface area contributed by atoms with Crippen LogP contribution in [0.5, 0.6) is 0 Å². The molecular formula is C6H12O3PS+. The van der Waals surface area contributed by atoms with Crippen LogP contribution in [0, 0.1) is 0 Å². The second kappa shape index (κ2) is 12.5. The molecular weight excluding hydrogens is 183 g/mol. The molecule has 0 aliphatic heterocycles. The Labute approximate surface area is 71.8 Å². The van der Waals surface area contributed by atoms with Crippen LogP contribution < -0.4 is 0 Å². The lowest BCUT2D eigenvalue weighted by Crippen LogP contribution is -1.69. The van der Waals surface area contributed by atoms with Gasteiger partial charge in [-0.1, -0.05) is 12.2 Å². The van der Waals surface area contributed by atoms with Crippen LogP contribution >= 0.6 is 20.0 Å². The summed E-state index contributed by atoms with van der Waals surface area (Å²) in [4.78, 5) is 14.2. The second-order valence-corrected chi connectivity index (χ2v) is 2.95. The molecule has 0 aromatic carbocycles. The summed E-state index contributed by atoms with van der Waals surface area (Å²) in [6.07, 6.45) is 3.79. The number of hydrogen-bond acceptors (Lipinski definition) is 2. The average molecular weight is 195 g/mol. The Hall–Kier alpha value is -0.150. The molecule has 0 amide bonds. The van der Waals surface area contributed by atoms with Gasteiger partial charge in [-0.05, 0) is 0 Å². The first-order chi connectivity index (χ1) is 5.15. The molecule has 64 valence electrons. The van der Waals surface area contributed by atoms with E-state index in [2.05, 4.69) is 13.2 Å². The molecule has 0 saturated carbocycles. The highest BCUT2D eigenvalue weighted by Gasteiger charge is 1.93. The molecule has 0 aliphatic rings. The van der Waals surface area contributed by atoms with E-state index in [1.54, 1.807) is 0 Å². The summed E-state index contributed by atoms with van der Waals surface area (Å²) < 4.78 is 8.70. The molecule has 0 unspecified atom stereocenters. The van der Waals surface area contributed by atoms with Crippen LogP contribution in [-0.2, 0) is 4.57 Å². The lowest BCUT2D eigenvalue weighted by atomic mass is 10.8. The van der Waals surface area contributed by atoms with E-state index >= 15 is 0 Å². The maximum Gasteiger partial charge on any atom is 0.692 e. The van der Waals surface area contributed by atoms with Crippen molar-refractivity contribution in [1.29, 1.82) is 0 Å². The van der Waals surface area contributed by atoms with Crippen LogP contribution in [0.4, 0.5) is 0 Å². The van der Waals surface area contributed by atoms with E-state index in [9.17, 15) is 0 Å². The van der Waals surface area contributed by atoms with Crippen molar-refractivity contribution in [1.82, 2.24) is 0 Å². The Morgan fingerprint density at radius 2 is 1.55 bits per heavy atom. The molecule has 0 heterocycles. The Kier molecular flexibility index (Phi) is 15.3. The zero-order valence-corrected chi connectivity index (χ0v) is 7.85. The zero-order chi connectivity index (χ0) is 9.11. The third-order valence-corrected chi connectivity index (χ3v) is 1.41. The zero-order valence-electron chi connectivity index (χ0n) is 6.14. The van der Waals surface area contributed by atoms with E-state index < -0.39 is 8.25 Å². The molecule has 0 aromatic heterocycles. The van der Waals surface area contributed by atoms with E-state index in [1.165, 1.54) is 0 Å². The lowest BCUT2D eigenvalue weighted by molar-refractivity contribution is 0.405. The summed E-state index contributed by atoms with van der Waals surface area (Å²) in [5.74, 6) is 2.07. The highest BCUT2D eigenvalue weighted by atomic mass is 32.2. The molecule has 0 bridgehead atoms. The first-order valence-electron chi connectivity index (χ1n) is 2.79. The molecule has 0 aromatic rings. The Balaban J connectivity index is 0. The van der Waals surface area contributed by atoms with Crippen LogP contribution in [0.25, 0.3) is 0 Å². The molecule has 3 nitrogen and oxygen atoms in total. The molecule has 2 N–H and O–H groups in total. The minimum atomic E-state index is -2.87. The van der Waals surface area contributed by atoms with Crippen molar-refractivity contribution in [3.63, 3.8) is 0 Å². The standard InChI is InChI=1S/C6H10S.HO3P/c1-3-5-7-6-4-2;1-4(2)3/h3-4H,1-2,5-6H2;(H-,1,2,3)/p+1. The predicted molar refractivity (Wildman–Crippen MR) is 49.8 cm³/mol. The molecule has 0 atom stereocenters. The van der Waals surface area contributed by atoms with Crippen LogP contribution in [0.2, 0.25) is 0 Å². The van der Waals surface area contributed by atoms with Gasteiger partial charge in [0.05, 0.1) is 0 Å². The van der Waals surface area contributed by atoms with Crippen molar-refractivity contribution in [2.24, 2.45) is 0 Å². The second-order valence-electron chi connectivity index (χ2n) is 1.37. The van der Waals surface area contributed by atoms with Crippen LogP contribution in [0.3, 0.4) is 0 Å². The molecule has 0 radical (unpaired) electrons. The Bertz CT molecular complexity index is 115. The van der Waals surface area contributed by atoms with Gasteiger partial charge >= 0.3 is 8.25 Å². The number of rotatable bonds is 4. The van der Waals surface area contributed by atoms with Gasteiger partial charge in [-0.15, -0.1) is 22.9 Å². The summed E-state index contributed by atoms with van der Waals surface area (Å²) in [7, 11) is -2.87. The van der Waals surface area contributed by atoms with E-state index in [-0.39, 0.29) is 0 Å². The summed E-state index contributed by atoms with van der Waals surface area (Å²) in [6.45, 7) is 7.15. The largest absolute Gasteiger partial charge is 0.692 e. The van der Waals surface area contributed by atoms with E-state index in [0.29, 0.717) is 0 Å². The van der Waals surface area contributed by atoms with Gasteiger partial charge in [0.25, 0.3) is 0 Å². The average Bonchev–Trinajstić information content (AvgIpc) is 1.88. The van der Waals surface area contributed by atoms with Gasteiger partial charge in [0.15, 0.2) is 0 Å². The third-order valence-electron chi connectivity index (χ3n) is 0.471. The first kappa shape index (κ1) is 13.4. The van der Waals surface area contributed by atoms with Crippen molar-refractivity contribution in [2.75, 3.05) is 11.5 Å². The van der Waals surface area contributed by atoms with Gasteiger partial charge in [-0.25, -0.2) is 0 Å². The smallest absolute Gasteiger partial charge is 0.154 e. The minimum Gasteiger partial charge on any atom is -0.154 e. The quantitative estimate of drug-likeness (QED) is 0.407. The highest BCUT2D eigenvalue weighted by molar-refractivity contribution is 7.99. The molecule has 11 heavy (non-hydrogen) atoms. The van der Waals surface area contributed by atoms with Gasteiger partial charge < -0.3 is 0 Å². The van der Waals surface area contributed by atoms with Crippen LogP contribution in [-0.4, -0.2) is 21.3 Å². The maximum atomic E-state index is 8.70. The fraction of sp³-hybridized carbons (Fsp3) is 0.333. The molecule has 0 saturated heterocycles. The predicted octanol–water partition coefficient (Wildman–Crippen LogP) is 1.72. The summed E-state index contributed by atoms with van der Waals surface area (Å²) in [5.41, 5.74) is 0. The van der Waals surface area contributed by atoms with Crippen molar-refractivity contribution in [2.45, 2.75) is 0 Å². The summed E-state index contributed by atoms with van der Waals surface area (Å²) in [6, 6.07) is 0. The maximum absolute atomic E-state index is 8.70. The number of hydrogen-bond donors (Lipinski definition) is 2. The topological polar surface area (TPSA) is 57.5 Å². The fourth-order valence-electron chi connectivity index (χ4n) is 0.235. The third kappa shape index (κ3) is 41.0. The van der Waals surface area contributed by atoms with E-state index in [1.807, 2.05) is 23.9 Å². The Morgan fingerprint density at radius 1 is 1.27 bits per heavy atom. The van der Waals surface area contributed by atoms with Crippen LogP contribution in [0.1, 0.15) is 0 Å². The summed E-state index contributed by atoms with van der Waals surface area (Å²) >= 11 is 1.82. The monoisotopic (exact) mass is 195 g/mol. The Morgan fingerprint density at radius 3 is 1.73 bits per heavy atom. The van der Waals surface area contributed by atoms with Crippen LogP contribution in [0.15, 0.2) is 25.3 Å². The molecule has 0 fully saturated rings. The van der Waals surface area contributed by atoms with Gasteiger partial charge in [0.2, 0.25) is 0 Å². The highest BCUT2D eigenvalue weighted by Crippen LogP contribution is 1.98. The molecule has 5 heteroatoms. The lowest BCUT2D eigenvalue weighted by Gasteiger charge is -1.85. The van der Waals surface area contributed by atoms with Gasteiger partial charge in [-0.2, -0.15) is 11.8 Å². The summed E-state index contributed by atoms with van der Waals surface area (Å²) in [5, 5.41) is 0. The van der Waals surface area contributed by atoms with Crippen molar-refractivity contribution in [3.8, 4) is 0 Å². The SMILES string of the molecule is C=CCSCC=C.O=[P+](O)O.